The van der Waals surface area contributed by atoms with Crippen LogP contribution in [-0.2, 0) is 14.7 Å². The third kappa shape index (κ3) is 6.40. The molecule has 1 radical (unpaired) electrons. The first kappa shape index (κ1) is 12.9. The van der Waals surface area contributed by atoms with Crippen molar-refractivity contribution >= 4 is 11.7 Å². The first-order valence-electron chi connectivity index (χ1n) is 4.82. The Morgan fingerprint density at radius 3 is 2.50 bits per heavy atom. The van der Waals surface area contributed by atoms with E-state index in [4.69, 9.17) is 0 Å². The molecule has 1 aliphatic rings. The number of rotatable bonds is 2. The molecular weight excluding hydrogens is 182 g/mol. The summed E-state index contributed by atoms with van der Waals surface area (Å²) in [6, 6.07) is 0. The van der Waals surface area contributed by atoms with Crippen LogP contribution in [-0.4, -0.2) is 24.9 Å². The quantitative estimate of drug-likeness (QED) is 0.669. The van der Waals surface area contributed by atoms with Crippen LogP contribution in [0.4, 0.5) is 0 Å². The van der Waals surface area contributed by atoms with Crippen molar-refractivity contribution in [3.05, 3.63) is 5.70 Å². The molecule has 0 amide bonds. The summed E-state index contributed by atoms with van der Waals surface area (Å²) >= 11 is 0. The maximum Gasteiger partial charge on any atom is 0.146 e. The van der Waals surface area contributed by atoms with Crippen molar-refractivity contribution in [1.29, 1.82) is 0 Å². The third-order valence-corrected chi connectivity index (χ3v) is 1.74. The minimum atomic E-state index is 0.0938. The number of ketones is 1. The van der Waals surface area contributed by atoms with E-state index in [2.05, 4.69) is 5.32 Å². The molecule has 79 valence electrons. The minimum absolute atomic E-state index is 0.0938. The highest BCUT2D eigenvalue weighted by atomic mass is 16.2. The lowest BCUT2D eigenvalue weighted by molar-refractivity contribution is -0.119. The highest BCUT2D eigenvalue weighted by Crippen LogP contribution is 2.02. The zero-order chi connectivity index (χ0) is 10.8. The summed E-state index contributed by atoms with van der Waals surface area (Å²) in [7, 11) is 0. The number of allylic oxidation sites excluding steroid dienone is 1. The number of Topliss-reactive ketones (excluding diaryl/α,β-unsaturated/α-hetero) is 1. The van der Waals surface area contributed by atoms with Crippen molar-refractivity contribution in [2.75, 3.05) is 13.2 Å². The number of unbranched alkanes of at least 4 members (excludes halogenated alkanes) is 1. The van der Waals surface area contributed by atoms with E-state index in [0.717, 1.165) is 12.8 Å². The summed E-state index contributed by atoms with van der Waals surface area (Å²) in [5.41, 5.74) is 0.395. The number of carbonyl (C=O) groups excluding carboxylic acids is 2. The Labute approximate surface area is 84.0 Å². The van der Waals surface area contributed by atoms with Gasteiger partial charge in [-0.2, -0.15) is 0 Å². The Kier molecular flexibility index (Phi) is 7.80. The summed E-state index contributed by atoms with van der Waals surface area (Å²) in [6.45, 7) is 2.69. The van der Waals surface area contributed by atoms with Gasteiger partial charge in [0.05, 0.1) is 13.0 Å². The highest BCUT2D eigenvalue weighted by molar-refractivity contribution is 5.84. The summed E-state index contributed by atoms with van der Waals surface area (Å²) in [4.78, 5) is 20.5. The minimum Gasteiger partial charge on any atom is -0.379 e. The fourth-order valence-electron chi connectivity index (χ4n) is 0.917. The highest BCUT2D eigenvalue weighted by Gasteiger charge is 2.11. The molecule has 0 bridgehead atoms. The third-order valence-electron chi connectivity index (χ3n) is 1.74. The molecule has 1 aliphatic heterocycles. The molecule has 4 nitrogen and oxygen atoms in total. The summed E-state index contributed by atoms with van der Waals surface area (Å²) in [6.07, 6.45) is 2.64. The summed E-state index contributed by atoms with van der Waals surface area (Å²) < 4.78 is 0. The van der Waals surface area contributed by atoms with Gasteiger partial charge < -0.3 is 5.32 Å². The Bertz CT molecular complexity index is 217. The predicted molar refractivity (Wildman–Crippen MR) is 51.9 cm³/mol. The standard InChI is InChI=1S/C6H7NO2.C4H9O/c8-4-5-3-6(9)1-2-7-5;1-2-3-4-5/h7H,1-3H2;2-4H2,1H3. The van der Waals surface area contributed by atoms with Gasteiger partial charge in [0.15, 0.2) is 0 Å². The van der Waals surface area contributed by atoms with Gasteiger partial charge in [0, 0.05) is 13.0 Å². The van der Waals surface area contributed by atoms with E-state index in [1.165, 1.54) is 0 Å². The second kappa shape index (κ2) is 8.48. The maximum atomic E-state index is 10.6. The van der Waals surface area contributed by atoms with Crippen molar-refractivity contribution in [2.45, 2.75) is 32.6 Å². The molecule has 0 aromatic carbocycles. The van der Waals surface area contributed by atoms with Gasteiger partial charge in [0.2, 0.25) is 0 Å². The van der Waals surface area contributed by atoms with Crippen LogP contribution in [0.2, 0.25) is 0 Å². The van der Waals surface area contributed by atoms with E-state index >= 15 is 0 Å². The number of piperidine rings is 1. The number of hydrogen-bond donors (Lipinski definition) is 1. The van der Waals surface area contributed by atoms with Gasteiger partial charge in [-0.15, -0.1) is 0 Å². The van der Waals surface area contributed by atoms with Crippen molar-refractivity contribution in [3.63, 3.8) is 0 Å². The number of nitrogens with one attached hydrogen (secondary N) is 1. The fourth-order valence-corrected chi connectivity index (χ4v) is 0.917. The molecule has 1 N–H and O–H groups in total. The first-order valence-corrected chi connectivity index (χ1v) is 4.82. The molecule has 14 heavy (non-hydrogen) atoms. The summed E-state index contributed by atoms with van der Waals surface area (Å²) in [5, 5.41) is 12.3. The van der Waals surface area contributed by atoms with Gasteiger partial charge in [-0.05, 0) is 6.42 Å². The van der Waals surface area contributed by atoms with E-state index in [-0.39, 0.29) is 18.8 Å². The van der Waals surface area contributed by atoms with Crippen molar-refractivity contribution < 1.29 is 14.7 Å². The van der Waals surface area contributed by atoms with Crippen molar-refractivity contribution in [2.24, 2.45) is 0 Å². The number of carbonyl (C=O) groups is 1. The van der Waals surface area contributed by atoms with Gasteiger partial charge in [-0.1, -0.05) is 13.3 Å². The maximum absolute atomic E-state index is 10.6. The average molecular weight is 198 g/mol. The van der Waals surface area contributed by atoms with Gasteiger partial charge in [-0.3, -0.25) is 4.79 Å². The van der Waals surface area contributed by atoms with Crippen molar-refractivity contribution in [3.8, 4) is 0 Å². The average Bonchev–Trinajstić information content (AvgIpc) is 2.20. The molecule has 1 heterocycles. The molecule has 0 aromatic heterocycles. The lowest BCUT2D eigenvalue weighted by Crippen LogP contribution is -2.26. The smallest absolute Gasteiger partial charge is 0.146 e. The largest absolute Gasteiger partial charge is 0.379 e. The van der Waals surface area contributed by atoms with Gasteiger partial charge in [0.1, 0.15) is 17.4 Å². The Morgan fingerprint density at radius 1 is 1.50 bits per heavy atom. The fraction of sp³-hybridized carbons (Fsp3) is 0.700. The topological polar surface area (TPSA) is 66.1 Å². The van der Waals surface area contributed by atoms with Crippen LogP contribution in [0.5, 0.6) is 0 Å². The zero-order valence-corrected chi connectivity index (χ0v) is 8.47. The van der Waals surface area contributed by atoms with Gasteiger partial charge in [-0.25, -0.2) is 9.90 Å². The Hall–Kier alpha value is -1.12. The van der Waals surface area contributed by atoms with Crippen LogP contribution in [0, 0.1) is 0 Å². The molecule has 1 rings (SSSR count). The molecular formula is C10H16NO3. The van der Waals surface area contributed by atoms with Gasteiger partial charge >= 0.3 is 0 Å². The Morgan fingerprint density at radius 2 is 2.21 bits per heavy atom. The monoisotopic (exact) mass is 198 g/mol. The molecule has 0 unspecified atom stereocenters. The van der Waals surface area contributed by atoms with E-state index in [1.54, 1.807) is 5.94 Å². The normalized spacial score (nSPS) is 15.0. The lowest BCUT2D eigenvalue weighted by atomic mass is 10.1. The number of hydrogen-bond acceptors (Lipinski definition) is 3. The SMILES string of the molecule is CCCC[O].O=C=C1CC(=O)CCN1. The van der Waals surface area contributed by atoms with Crippen LogP contribution >= 0.6 is 0 Å². The zero-order valence-electron chi connectivity index (χ0n) is 8.47. The second-order valence-electron chi connectivity index (χ2n) is 3.03. The van der Waals surface area contributed by atoms with Gasteiger partial charge in [0.25, 0.3) is 0 Å². The van der Waals surface area contributed by atoms with Crippen LogP contribution in [0.3, 0.4) is 0 Å². The van der Waals surface area contributed by atoms with Crippen LogP contribution in [0.25, 0.3) is 0 Å². The Balaban J connectivity index is 0.000000292. The predicted octanol–water partition coefficient (Wildman–Crippen LogP) is 0.871. The van der Waals surface area contributed by atoms with E-state index in [1.807, 2.05) is 6.92 Å². The molecule has 1 fully saturated rings. The summed E-state index contributed by atoms with van der Waals surface area (Å²) in [5.74, 6) is 1.79. The van der Waals surface area contributed by atoms with E-state index in [0.29, 0.717) is 18.7 Å². The second-order valence-corrected chi connectivity index (χ2v) is 3.03. The lowest BCUT2D eigenvalue weighted by Gasteiger charge is -2.11. The van der Waals surface area contributed by atoms with E-state index < -0.39 is 0 Å². The molecule has 0 atom stereocenters. The van der Waals surface area contributed by atoms with Crippen LogP contribution in [0.1, 0.15) is 32.6 Å². The molecule has 0 spiro atoms. The van der Waals surface area contributed by atoms with Crippen molar-refractivity contribution in [1.82, 2.24) is 5.32 Å². The van der Waals surface area contributed by atoms with Crippen LogP contribution < -0.4 is 5.32 Å². The molecule has 1 saturated heterocycles. The van der Waals surface area contributed by atoms with E-state index in [9.17, 15) is 14.7 Å². The molecule has 0 aliphatic carbocycles. The molecule has 0 saturated carbocycles. The molecule has 4 heteroatoms. The molecule has 0 aromatic rings. The first-order chi connectivity index (χ1) is 6.74. The van der Waals surface area contributed by atoms with Crippen LogP contribution in [0.15, 0.2) is 5.70 Å².